The maximum Gasteiger partial charge on any atom is 0.407 e. The van der Waals surface area contributed by atoms with Crippen LogP contribution in [-0.4, -0.2) is 34.3 Å². The molecular weight excluding hydrogens is 248 g/mol. The molecule has 0 aromatic heterocycles. The Kier molecular flexibility index (Phi) is 5.81. The molecule has 1 rings (SSSR count). The lowest BCUT2D eigenvalue weighted by molar-refractivity contribution is 0.123. The highest BCUT2D eigenvalue weighted by Crippen LogP contribution is 2.02. The van der Waals surface area contributed by atoms with E-state index >= 15 is 0 Å². The Balaban J connectivity index is 2.39. The number of nitrogens with zero attached hydrogens (tertiary/aromatic N) is 1. The highest BCUT2D eigenvalue weighted by Gasteiger charge is 2.20. The third kappa shape index (κ3) is 4.97. The Hall–Kier alpha value is -2.08. The molecule has 6 heteroatoms. The summed E-state index contributed by atoms with van der Waals surface area (Å²) in [6.45, 7) is 3.20. The van der Waals surface area contributed by atoms with E-state index in [4.69, 9.17) is 9.94 Å². The number of nitrogens with one attached hydrogen (secondary N) is 1. The zero-order valence-corrected chi connectivity index (χ0v) is 10.9. The molecule has 6 nitrogen and oxygen atoms in total. The van der Waals surface area contributed by atoms with Gasteiger partial charge >= 0.3 is 6.09 Å². The number of carbonyl (C=O) groups excluding carboxylic acids is 1. The van der Waals surface area contributed by atoms with Crippen molar-refractivity contribution in [2.45, 2.75) is 32.6 Å². The Morgan fingerprint density at radius 3 is 2.63 bits per heavy atom. The molecule has 19 heavy (non-hydrogen) atoms. The van der Waals surface area contributed by atoms with Crippen LogP contribution < -0.4 is 5.32 Å². The van der Waals surface area contributed by atoms with Gasteiger partial charge in [0.05, 0.1) is 11.8 Å². The third-order valence-corrected chi connectivity index (χ3v) is 2.62. The monoisotopic (exact) mass is 266 g/mol. The van der Waals surface area contributed by atoms with Gasteiger partial charge in [-0.25, -0.2) is 4.79 Å². The van der Waals surface area contributed by atoms with E-state index < -0.39 is 18.2 Å². The number of benzene rings is 1. The first-order chi connectivity index (χ1) is 9.04. The van der Waals surface area contributed by atoms with E-state index in [9.17, 15) is 9.90 Å². The maximum atomic E-state index is 11.5. The molecule has 0 spiro atoms. The number of alkyl carbamates (subject to hydrolysis) is 1. The van der Waals surface area contributed by atoms with Crippen molar-refractivity contribution in [3.8, 4) is 0 Å². The molecule has 0 saturated carbocycles. The Labute approximate surface area is 111 Å². The highest BCUT2D eigenvalue weighted by molar-refractivity contribution is 5.86. The first-order valence-electron chi connectivity index (χ1n) is 5.88. The van der Waals surface area contributed by atoms with E-state index in [1.165, 1.54) is 6.92 Å². The maximum absolute atomic E-state index is 11.5. The normalized spacial score (nSPS) is 14.6. The summed E-state index contributed by atoms with van der Waals surface area (Å²) in [4.78, 5) is 11.5. The molecule has 3 N–H and O–H groups in total. The van der Waals surface area contributed by atoms with E-state index in [-0.39, 0.29) is 12.3 Å². The van der Waals surface area contributed by atoms with Gasteiger partial charge in [-0.2, -0.15) is 0 Å². The van der Waals surface area contributed by atoms with Gasteiger partial charge in [0.25, 0.3) is 0 Å². The fourth-order valence-corrected chi connectivity index (χ4v) is 1.45. The SMILES string of the molecule is C/C(=N\O)C(O)[C@H](C)NC(=O)OCc1ccccc1. The quantitative estimate of drug-likeness (QED) is 0.428. The van der Waals surface area contributed by atoms with Gasteiger partial charge in [0.1, 0.15) is 12.7 Å². The van der Waals surface area contributed by atoms with Crippen LogP contribution in [0.1, 0.15) is 19.4 Å². The summed E-state index contributed by atoms with van der Waals surface area (Å²) in [7, 11) is 0. The van der Waals surface area contributed by atoms with Crippen molar-refractivity contribution in [3.05, 3.63) is 35.9 Å². The molecule has 0 aliphatic rings. The molecule has 0 aliphatic heterocycles. The first-order valence-corrected chi connectivity index (χ1v) is 5.88. The van der Waals surface area contributed by atoms with Crippen molar-refractivity contribution in [2.24, 2.45) is 5.16 Å². The second-order valence-corrected chi connectivity index (χ2v) is 4.18. The lowest BCUT2D eigenvalue weighted by Crippen LogP contribution is -2.44. The summed E-state index contributed by atoms with van der Waals surface area (Å²) < 4.78 is 5.00. The molecule has 0 aliphatic carbocycles. The van der Waals surface area contributed by atoms with Crippen LogP contribution in [0.5, 0.6) is 0 Å². The summed E-state index contributed by atoms with van der Waals surface area (Å²) in [6.07, 6.45) is -1.70. The number of carbonyl (C=O) groups is 1. The molecule has 1 amide bonds. The zero-order valence-electron chi connectivity index (χ0n) is 10.9. The summed E-state index contributed by atoms with van der Waals surface area (Å²) in [5.74, 6) is 0. The number of amides is 1. The zero-order chi connectivity index (χ0) is 14.3. The summed E-state index contributed by atoms with van der Waals surface area (Å²) in [6, 6.07) is 8.65. The minimum atomic E-state index is -1.06. The third-order valence-electron chi connectivity index (χ3n) is 2.62. The molecule has 0 saturated heterocycles. The van der Waals surface area contributed by atoms with Crippen molar-refractivity contribution in [1.29, 1.82) is 0 Å². The number of aliphatic hydroxyl groups excluding tert-OH is 1. The molecule has 1 aromatic carbocycles. The van der Waals surface area contributed by atoms with Crippen LogP contribution >= 0.6 is 0 Å². The standard InChI is InChI=1S/C13H18N2O4/c1-9(12(16)10(2)15-18)14-13(17)19-8-11-6-4-3-5-7-11/h3-7,9,12,16,18H,8H2,1-2H3,(H,14,17)/b15-10+/t9-,12?/m0/s1. The predicted molar refractivity (Wildman–Crippen MR) is 70.1 cm³/mol. The van der Waals surface area contributed by atoms with Gasteiger partial charge in [-0.1, -0.05) is 35.5 Å². The smallest absolute Gasteiger partial charge is 0.407 e. The molecule has 1 unspecified atom stereocenters. The van der Waals surface area contributed by atoms with Crippen molar-refractivity contribution in [3.63, 3.8) is 0 Å². The molecule has 2 atom stereocenters. The van der Waals surface area contributed by atoms with Gasteiger partial charge in [-0.15, -0.1) is 0 Å². The highest BCUT2D eigenvalue weighted by atomic mass is 16.5. The number of aliphatic hydroxyl groups is 1. The number of hydrogen-bond donors (Lipinski definition) is 3. The van der Waals surface area contributed by atoms with Crippen molar-refractivity contribution < 1.29 is 19.8 Å². The van der Waals surface area contributed by atoms with Crippen molar-refractivity contribution >= 4 is 11.8 Å². The summed E-state index contributed by atoms with van der Waals surface area (Å²) >= 11 is 0. The second-order valence-electron chi connectivity index (χ2n) is 4.18. The summed E-state index contributed by atoms with van der Waals surface area (Å²) in [5, 5.41) is 23.5. The minimum absolute atomic E-state index is 0.121. The van der Waals surface area contributed by atoms with E-state index in [2.05, 4.69) is 10.5 Å². The van der Waals surface area contributed by atoms with Crippen LogP contribution in [0.3, 0.4) is 0 Å². The molecule has 1 aromatic rings. The van der Waals surface area contributed by atoms with Gasteiger partial charge in [0.15, 0.2) is 0 Å². The van der Waals surface area contributed by atoms with Gasteiger partial charge < -0.3 is 20.4 Å². The molecule has 0 bridgehead atoms. The topological polar surface area (TPSA) is 91.2 Å². The summed E-state index contributed by atoms with van der Waals surface area (Å²) in [5.41, 5.74) is 0.995. The molecule has 104 valence electrons. The van der Waals surface area contributed by atoms with Gasteiger partial charge in [0.2, 0.25) is 0 Å². The molecule has 0 fully saturated rings. The van der Waals surface area contributed by atoms with Crippen LogP contribution in [0, 0.1) is 0 Å². The largest absolute Gasteiger partial charge is 0.445 e. The minimum Gasteiger partial charge on any atom is -0.445 e. The fourth-order valence-electron chi connectivity index (χ4n) is 1.45. The van der Waals surface area contributed by atoms with Crippen LogP contribution in [0.15, 0.2) is 35.5 Å². The first kappa shape index (κ1) is 15.0. The fraction of sp³-hybridized carbons (Fsp3) is 0.385. The molecule has 0 heterocycles. The predicted octanol–water partition coefficient (Wildman–Crippen LogP) is 1.51. The van der Waals surface area contributed by atoms with Crippen LogP contribution in [0.2, 0.25) is 0 Å². The Morgan fingerprint density at radius 2 is 2.05 bits per heavy atom. The Morgan fingerprint density at radius 1 is 1.42 bits per heavy atom. The van der Waals surface area contributed by atoms with E-state index in [1.807, 2.05) is 30.3 Å². The van der Waals surface area contributed by atoms with Crippen LogP contribution in [-0.2, 0) is 11.3 Å². The van der Waals surface area contributed by atoms with Crippen molar-refractivity contribution in [1.82, 2.24) is 5.32 Å². The van der Waals surface area contributed by atoms with Crippen molar-refractivity contribution in [2.75, 3.05) is 0 Å². The van der Waals surface area contributed by atoms with E-state index in [1.54, 1.807) is 6.92 Å². The van der Waals surface area contributed by atoms with E-state index in [0.29, 0.717) is 0 Å². The number of oxime groups is 1. The van der Waals surface area contributed by atoms with E-state index in [0.717, 1.165) is 5.56 Å². The van der Waals surface area contributed by atoms with Gasteiger partial charge in [0, 0.05) is 0 Å². The lowest BCUT2D eigenvalue weighted by Gasteiger charge is -2.19. The van der Waals surface area contributed by atoms with Gasteiger partial charge in [-0.05, 0) is 19.4 Å². The van der Waals surface area contributed by atoms with Crippen LogP contribution in [0.25, 0.3) is 0 Å². The van der Waals surface area contributed by atoms with Gasteiger partial charge in [-0.3, -0.25) is 0 Å². The molecular formula is C13H18N2O4. The average Bonchev–Trinajstić information content (AvgIpc) is 2.44. The Bertz CT molecular complexity index is 434. The van der Waals surface area contributed by atoms with Crippen LogP contribution in [0.4, 0.5) is 4.79 Å². The lowest BCUT2D eigenvalue weighted by atomic mass is 10.1. The number of hydrogen-bond acceptors (Lipinski definition) is 5. The molecule has 0 radical (unpaired) electrons. The average molecular weight is 266 g/mol. The number of ether oxygens (including phenoxy) is 1. The second kappa shape index (κ2) is 7.38. The number of rotatable bonds is 5.